The quantitative estimate of drug-likeness (QED) is 0.700. The lowest BCUT2D eigenvalue weighted by atomic mass is 9.94. The predicted octanol–water partition coefficient (Wildman–Crippen LogP) is 0.518. The minimum atomic E-state index is -0.908. The van der Waals surface area contributed by atoms with Crippen LogP contribution in [0.15, 0.2) is 0 Å². The summed E-state index contributed by atoms with van der Waals surface area (Å²) in [5, 5.41) is 14.7. The van der Waals surface area contributed by atoms with Crippen molar-refractivity contribution in [1.29, 1.82) is 0 Å². The van der Waals surface area contributed by atoms with Crippen molar-refractivity contribution in [3.8, 4) is 0 Å². The van der Waals surface area contributed by atoms with Crippen LogP contribution >= 0.6 is 0 Å². The average molecular weight is 282 g/mol. The maximum Gasteiger partial charge on any atom is 0.307 e. The molecule has 2 aliphatic rings. The van der Waals surface area contributed by atoms with Gasteiger partial charge >= 0.3 is 5.97 Å². The highest BCUT2D eigenvalue weighted by molar-refractivity contribution is 5.91. The molecule has 2 amide bonds. The molecule has 1 aliphatic heterocycles. The lowest BCUT2D eigenvalue weighted by Gasteiger charge is -2.25. The fourth-order valence-corrected chi connectivity index (χ4v) is 3.23. The number of carbonyl (C=O) groups is 3. The van der Waals surface area contributed by atoms with Crippen LogP contribution in [0.3, 0.4) is 0 Å². The predicted molar refractivity (Wildman–Crippen MR) is 71.8 cm³/mol. The van der Waals surface area contributed by atoms with Crippen LogP contribution in [0.4, 0.5) is 0 Å². The van der Waals surface area contributed by atoms with Gasteiger partial charge in [0.2, 0.25) is 11.8 Å². The second kappa shape index (κ2) is 6.24. The second-order valence-electron chi connectivity index (χ2n) is 5.79. The van der Waals surface area contributed by atoms with E-state index >= 15 is 0 Å². The molecule has 6 heteroatoms. The van der Waals surface area contributed by atoms with Gasteiger partial charge in [0.1, 0.15) is 6.04 Å². The van der Waals surface area contributed by atoms with E-state index in [1.807, 2.05) is 6.92 Å². The molecule has 1 saturated heterocycles. The number of carboxylic acid groups (broad SMARTS) is 1. The SMILES string of the molecule is CCC1CC(C(=O)O)C(C(=O)NC2CCCNC2=O)C1. The molecule has 0 aromatic rings. The van der Waals surface area contributed by atoms with E-state index in [2.05, 4.69) is 10.6 Å². The van der Waals surface area contributed by atoms with E-state index in [0.29, 0.717) is 25.8 Å². The topological polar surface area (TPSA) is 95.5 Å². The number of aliphatic carboxylic acids is 1. The Balaban J connectivity index is 1.99. The first-order chi connectivity index (χ1) is 9.52. The highest BCUT2D eigenvalue weighted by atomic mass is 16.4. The van der Waals surface area contributed by atoms with E-state index in [4.69, 9.17) is 0 Å². The number of piperidine rings is 1. The minimum absolute atomic E-state index is 0.165. The summed E-state index contributed by atoms with van der Waals surface area (Å²) in [4.78, 5) is 35.2. The molecule has 4 unspecified atom stereocenters. The van der Waals surface area contributed by atoms with Crippen molar-refractivity contribution < 1.29 is 19.5 Å². The van der Waals surface area contributed by atoms with Crippen molar-refractivity contribution in [2.75, 3.05) is 6.54 Å². The van der Waals surface area contributed by atoms with E-state index in [-0.39, 0.29) is 17.7 Å². The van der Waals surface area contributed by atoms with Crippen molar-refractivity contribution in [1.82, 2.24) is 10.6 Å². The summed E-state index contributed by atoms with van der Waals surface area (Å²) in [5.41, 5.74) is 0. The first-order valence-corrected chi connectivity index (χ1v) is 7.33. The van der Waals surface area contributed by atoms with Crippen LogP contribution in [0.1, 0.15) is 39.0 Å². The van der Waals surface area contributed by atoms with Crippen LogP contribution in [0.25, 0.3) is 0 Å². The van der Waals surface area contributed by atoms with Gasteiger partial charge in [0.25, 0.3) is 0 Å². The van der Waals surface area contributed by atoms with Crippen LogP contribution in [0, 0.1) is 17.8 Å². The Morgan fingerprint density at radius 2 is 2.05 bits per heavy atom. The molecule has 0 bridgehead atoms. The Labute approximate surface area is 118 Å². The smallest absolute Gasteiger partial charge is 0.307 e. The third-order valence-corrected chi connectivity index (χ3v) is 4.49. The largest absolute Gasteiger partial charge is 0.481 e. The van der Waals surface area contributed by atoms with Crippen molar-refractivity contribution in [2.45, 2.75) is 45.1 Å². The first kappa shape index (κ1) is 14.8. The first-order valence-electron chi connectivity index (χ1n) is 7.33. The third-order valence-electron chi connectivity index (χ3n) is 4.49. The summed E-state index contributed by atoms with van der Waals surface area (Å²) in [6.07, 6.45) is 3.51. The molecule has 0 spiro atoms. The number of hydrogen-bond donors (Lipinski definition) is 3. The van der Waals surface area contributed by atoms with Gasteiger partial charge < -0.3 is 15.7 Å². The molecule has 3 N–H and O–H groups in total. The van der Waals surface area contributed by atoms with Crippen LogP contribution in [0.5, 0.6) is 0 Å². The average Bonchev–Trinajstić information content (AvgIpc) is 2.86. The Bertz CT molecular complexity index is 410. The monoisotopic (exact) mass is 282 g/mol. The number of carboxylic acids is 1. The number of hydrogen-bond acceptors (Lipinski definition) is 3. The number of carbonyl (C=O) groups excluding carboxylic acids is 2. The van der Waals surface area contributed by atoms with Gasteiger partial charge in [0.05, 0.1) is 11.8 Å². The van der Waals surface area contributed by atoms with Crippen molar-refractivity contribution in [3.05, 3.63) is 0 Å². The van der Waals surface area contributed by atoms with E-state index in [1.165, 1.54) is 0 Å². The number of rotatable bonds is 4. The second-order valence-corrected chi connectivity index (χ2v) is 5.79. The molecule has 0 aromatic carbocycles. The molecule has 4 atom stereocenters. The molecule has 112 valence electrons. The number of nitrogens with one attached hydrogen (secondary N) is 2. The van der Waals surface area contributed by atoms with Gasteiger partial charge in [0.15, 0.2) is 0 Å². The molecule has 1 heterocycles. The molecular formula is C14H22N2O4. The summed E-state index contributed by atoms with van der Waals surface area (Å²) in [5.74, 6) is -2.20. The normalized spacial score (nSPS) is 33.5. The summed E-state index contributed by atoms with van der Waals surface area (Å²) in [6, 6.07) is -0.508. The zero-order valence-corrected chi connectivity index (χ0v) is 11.7. The highest BCUT2D eigenvalue weighted by Gasteiger charge is 2.43. The van der Waals surface area contributed by atoms with Gasteiger partial charge in [-0.2, -0.15) is 0 Å². The van der Waals surface area contributed by atoms with Crippen LogP contribution < -0.4 is 10.6 Å². The van der Waals surface area contributed by atoms with Crippen molar-refractivity contribution in [2.24, 2.45) is 17.8 Å². The fourth-order valence-electron chi connectivity index (χ4n) is 3.23. The van der Waals surface area contributed by atoms with Gasteiger partial charge in [-0.1, -0.05) is 13.3 Å². The Hall–Kier alpha value is -1.59. The maximum absolute atomic E-state index is 12.3. The maximum atomic E-state index is 12.3. The summed E-state index contributed by atoms with van der Waals surface area (Å²) in [7, 11) is 0. The fraction of sp³-hybridized carbons (Fsp3) is 0.786. The van der Waals surface area contributed by atoms with E-state index in [0.717, 1.165) is 12.8 Å². The van der Waals surface area contributed by atoms with Gasteiger partial charge in [-0.3, -0.25) is 14.4 Å². The zero-order chi connectivity index (χ0) is 14.7. The zero-order valence-electron chi connectivity index (χ0n) is 11.7. The molecule has 1 aliphatic carbocycles. The Morgan fingerprint density at radius 3 is 2.65 bits per heavy atom. The van der Waals surface area contributed by atoms with E-state index in [9.17, 15) is 19.5 Å². The van der Waals surface area contributed by atoms with E-state index in [1.54, 1.807) is 0 Å². The standard InChI is InChI=1S/C14H22N2O4/c1-2-8-6-9(10(7-8)14(19)20)12(17)16-11-4-3-5-15-13(11)18/h8-11H,2-7H2,1H3,(H,15,18)(H,16,17)(H,19,20). The van der Waals surface area contributed by atoms with Gasteiger partial charge in [-0.25, -0.2) is 0 Å². The highest BCUT2D eigenvalue weighted by Crippen LogP contribution is 2.38. The minimum Gasteiger partial charge on any atom is -0.481 e. The molecule has 2 rings (SSSR count). The van der Waals surface area contributed by atoms with E-state index < -0.39 is 23.8 Å². The number of amides is 2. The summed E-state index contributed by atoms with van der Waals surface area (Å²) in [6.45, 7) is 2.66. The lowest BCUT2D eigenvalue weighted by Crippen LogP contribution is -2.52. The molecular weight excluding hydrogens is 260 g/mol. The van der Waals surface area contributed by atoms with Crippen LogP contribution in [-0.4, -0.2) is 35.5 Å². The van der Waals surface area contributed by atoms with Crippen LogP contribution in [-0.2, 0) is 14.4 Å². The summed E-state index contributed by atoms with van der Waals surface area (Å²) < 4.78 is 0. The molecule has 0 radical (unpaired) electrons. The Kier molecular flexibility index (Phi) is 4.62. The molecule has 6 nitrogen and oxygen atoms in total. The Morgan fingerprint density at radius 1 is 1.35 bits per heavy atom. The molecule has 20 heavy (non-hydrogen) atoms. The molecule has 2 fully saturated rings. The molecule has 1 saturated carbocycles. The lowest BCUT2D eigenvalue weighted by molar-refractivity contribution is -0.146. The third kappa shape index (κ3) is 3.11. The summed E-state index contributed by atoms with van der Waals surface area (Å²) >= 11 is 0. The van der Waals surface area contributed by atoms with Gasteiger partial charge in [0, 0.05) is 6.54 Å². The molecule has 0 aromatic heterocycles. The van der Waals surface area contributed by atoms with Crippen molar-refractivity contribution in [3.63, 3.8) is 0 Å². The van der Waals surface area contributed by atoms with Gasteiger partial charge in [-0.15, -0.1) is 0 Å². The van der Waals surface area contributed by atoms with Crippen molar-refractivity contribution >= 4 is 17.8 Å². The van der Waals surface area contributed by atoms with Gasteiger partial charge in [-0.05, 0) is 31.6 Å². The van der Waals surface area contributed by atoms with Crippen LogP contribution in [0.2, 0.25) is 0 Å².